The Morgan fingerprint density at radius 1 is 1.08 bits per heavy atom. The lowest BCUT2D eigenvalue weighted by atomic mass is 10.2. The molecule has 0 aliphatic heterocycles. The van der Waals surface area contributed by atoms with Crippen LogP contribution in [0.25, 0.3) is 0 Å². The molecule has 0 radical (unpaired) electrons. The summed E-state index contributed by atoms with van der Waals surface area (Å²) in [6.45, 7) is 5.41. The van der Waals surface area contributed by atoms with Gasteiger partial charge in [-0.25, -0.2) is 0 Å². The number of ether oxygens (including phenoxy) is 2. The Morgan fingerprint density at radius 3 is 2.50 bits per heavy atom. The van der Waals surface area contributed by atoms with Crippen LogP contribution in [0.15, 0.2) is 30.3 Å². The van der Waals surface area contributed by atoms with E-state index in [-0.39, 0.29) is 6.61 Å². The molecule has 0 amide bonds. The Balaban J connectivity index is 2.15. The Labute approximate surface area is 169 Å². The van der Waals surface area contributed by atoms with Gasteiger partial charge in [-0.05, 0) is 43.7 Å². The predicted molar refractivity (Wildman–Crippen MR) is 107 cm³/mol. The summed E-state index contributed by atoms with van der Waals surface area (Å²) in [5.41, 5.74) is 1.74. The number of hydrogen-bond donors (Lipinski definition) is 2. The zero-order valence-corrected chi connectivity index (χ0v) is 17.0. The normalized spacial score (nSPS) is 12.1. The molecule has 26 heavy (non-hydrogen) atoms. The van der Waals surface area contributed by atoms with Gasteiger partial charge in [0.2, 0.25) is 0 Å². The van der Waals surface area contributed by atoms with Gasteiger partial charge < -0.3 is 19.9 Å². The third-order valence-electron chi connectivity index (χ3n) is 3.53. The van der Waals surface area contributed by atoms with E-state index >= 15 is 0 Å². The second-order valence-electron chi connectivity index (χ2n) is 5.84. The van der Waals surface area contributed by atoms with E-state index in [9.17, 15) is 5.11 Å². The SMILES string of the molecule is CCOc1cc(CNCC(C)O)cc(Cl)c1OCc1ccc(Cl)cc1Cl. The van der Waals surface area contributed by atoms with E-state index in [0.717, 1.165) is 11.1 Å². The van der Waals surface area contributed by atoms with Crippen LogP contribution in [0.2, 0.25) is 15.1 Å². The van der Waals surface area contributed by atoms with Gasteiger partial charge in [0.1, 0.15) is 6.61 Å². The number of nitrogens with one attached hydrogen (secondary N) is 1. The summed E-state index contributed by atoms with van der Waals surface area (Å²) in [6, 6.07) is 8.94. The Hall–Kier alpha value is -1.17. The minimum atomic E-state index is -0.413. The maximum absolute atomic E-state index is 9.33. The summed E-state index contributed by atoms with van der Waals surface area (Å²) < 4.78 is 11.6. The molecule has 0 bridgehead atoms. The molecule has 0 aromatic heterocycles. The van der Waals surface area contributed by atoms with Gasteiger partial charge >= 0.3 is 0 Å². The maximum atomic E-state index is 9.33. The van der Waals surface area contributed by atoms with Crippen molar-refractivity contribution in [1.82, 2.24) is 5.32 Å². The number of aliphatic hydroxyl groups excluding tert-OH is 1. The number of rotatable bonds is 9. The smallest absolute Gasteiger partial charge is 0.180 e. The molecular weight excluding hydrogens is 397 g/mol. The lowest BCUT2D eigenvalue weighted by molar-refractivity contribution is 0.191. The summed E-state index contributed by atoms with van der Waals surface area (Å²) >= 11 is 18.5. The Bertz CT molecular complexity index is 738. The highest BCUT2D eigenvalue weighted by atomic mass is 35.5. The Morgan fingerprint density at radius 2 is 1.85 bits per heavy atom. The molecule has 2 aromatic carbocycles. The lowest BCUT2D eigenvalue weighted by Crippen LogP contribution is -2.23. The van der Waals surface area contributed by atoms with Crippen molar-refractivity contribution in [3.8, 4) is 11.5 Å². The van der Waals surface area contributed by atoms with Gasteiger partial charge in [0.05, 0.1) is 17.7 Å². The molecule has 2 aromatic rings. The van der Waals surface area contributed by atoms with Crippen LogP contribution < -0.4 is 14.8 Å². The van der Waals surface area contributed by atoms with Gasteiger partial charge in [0.25, 0.3) is 0 Å². The summed E-state index contributed by atoms with van der Waals surface area (Å²) in [7, 11) is 0. The minimum Gasteiger partial charge on any atom is -0.490 e. The van der Waals surface area contributed by atoms with Gasteiger partial charge in [-0.15, -0.1) is 0 Å². The van der Waals surface area contributed by atoms with Crippen LogP contribution in [0.4, 0.5) is 0 Å². The first-order chi connectivity index (χ1) is 12.4. The number of benzene rings is 2. The fraction of sp³-hybridized carbons (Fsp3) is 0.368. The topological polar surface area (TPSA) is 50.7 Å². The molecule has 142 valence electrons. The summed E-state index contributed by atoms with van der Waals surface area (Å²) in [5.74, 6) is 1.04. The molecule has 2 rings (SSSR count). The molecule has 0 spiro atoms. The van der Waals surface area contributed by atoms with E-state index < -0.39 is 6.10 Å². The molecular formula is C19H22Cl3NO3. The van der Waals surface area contributed by atoms with Crippen LogP contribution in [0.1, 0.15) is 25.0 Å². The van der Waals surface area contributed by atoms with Crippen molar-refractivity contribution in [1.29, 1.82) is 0 Å². The number of halogens is 3. The standard InChI is InChI=1S/C19H22Cl3NO3/c1-3-25-18-7-13(10-23-9-12(2)24)6-17(22)19(18)26-11-14-4-5-15(20)8-16(14)21/h4-8,12,23-24H,3,9-11H2,1-2H3. The van der Waals surface area contributed by atoms with Crippen molar-refractivity contribution in [3.05, 3.63) is 56.5 Å². The van der Waals surface area contributed by atoms with Crippen molar-refractivity contribution >= 4 is 34.8 Å². The zero-order valence-electron chi connectivity index (χ0n) is 14.7. The second-order valence-corrected chi connectivity index (χ2v) is 7.09. The third kappa shape index (κ3) is 6.22. The lowest BCUT2D eigenvalue weighted by Gasteiger charge is -2.16. The molecule has 0 saturated carbocycles. The molecule has 4 nitrogen and oxygen atoms in total. The van der Waals surface area contributed by atoms with Crippen molar-refractivity contribution in [3.63, 3.8) is 0 Å². The molecule has 1 unspecified atom stereocenters. The summed E-state index contributed by atoms with van der Waals surface area (Å²) in [6.07, 6.45) is -0.413. The summed E-state index contributed by atoms with van der Waals surface area (Å²) in [4.78, 5) is 0. The van der Waals surface area contributed by atoms with Crippen LogP contribution in [0.3, 0.4) is 0 Å². The zero-order chi connectivity index (χ0) is 19.1. The van der Waals surface area contributed by atoms with E-state index in [1.54, 1.807) is 19.1 Å². The van der Waals surface area contributed by atoms with Crippen LogP contribution in [-0.2, 0) is 13.2 Å². The first-order valence-electron chi connectivity index (χ1n) is 8.31. The van der Waals surface area contributed by atoms with Gasteiger partial charge in [-0.3, -0.25) is 0 Å². The van der Waals surface area contributed by atoms with Crippen LogP contribution >= 0.6 is 34.8 Å². The minimum absolute atomic E-state index is 0.245. The highest BCUT2D eigenvalue weighted by molar-refractivity contribution is 6.35. The highest BCUT2D eigenvalue weighted by Gasteiger charge is 2.14. The van der Waals surface area contributed by atoms with Crippen molar-refractivity contribution in [2.45, 2.75) is 33.1 Å². The molecule has 0 fully saturated rings. The molecule has 0 aliphatic rings. The quantitative estimate of drug-likeness (QED) is 0.595. The Kier molecular flexibility index (Phi) is 8.32. The van der Waals surface area contributed by atoms with Gasteiger partial charge in [-0.1, -0.05) is 40.9 Å². The average Bonchev–Trinajstić information content (AvgIpc) is 2.55. The first-order valence-corrected chi connectivity index (χ1v) is 9.44. The van der Waals surface area contributed by atoms with Crippen LogP contribution in [0, 0.1) is 0 Å². The fourth-order valence-corrected chi connectivity index (χ4v) is 3.09. The first kappa shape index (κ1) is 21.1. The van der Waals surface area contributed by atoms with E-state index in [0.29, 0.717) is 46.3 Å². The van der Waals surface area contributed by atoms with Gasteiger partial charge in [0, 0.05) is 28.7 Å². The second kappa shape index (κ2) is 10.2. The fourth-order valence-electron chi connectivity index (χ4n) is 2.34. The van der Waals surface area contributed by atoms with Crippen molar-refractivity contribution in [2.24, 2.45) is 0 Å². The van der Waals surface area contributed by atoms with E-state index in [1.165, 1.54) is 0 Å². The van der Waals surface area contributed by atoms with E-state index in [1.807, 2.05) is 25.1 Å². The van der Waals surface area contributed by atoms with Gasteiger partial charge in [0.15, 0.2) is 11.5 Å². The average molecular weight is 419 g/mol. The summed E-state index contributed by atoms with van der Waals surface area (Å²) in [5, 5.41) is 14.0. The largest absolute Gasteiger partial charge is 0.490 e. The molecule has 1 atom stereocenters. The van der Waals surface area contributed by atoms with E-state index in [2.05, 4.69) is 5.32 Å². The molecule has 7 heteroatoms. The molecule has 0 aliphatic carbocycles. The monoisotopic (exact) mass is 417 g/mol. The van der Waals surface area contributed by atoms with Crippen LogP contribution in [0.5, 0.6) is 11.5 Å². The molecule has 0 saturated heterocycles. The van der Waals surface area contributed by atoms with Crippen molar-refractivity contribution in [2.75, 3.05) is 13.2 Å². The number of hydrogen-bond acceptors (Lipinski definition) is 4. The van der Waals surface area contributed by atoms with E-state index in [4.69, 9.17) is 44.3 Å². The molecule has 2 N–H and O–H groups in total. The van der Waals surface area contributed by atoms with Crippen molar-refractivity contribution < 1.29 is 14.6 Å². The van der Waals surface area contributed by atoms with Crippen LogP contribution in [-0.4, -0.2) is 24.4 Å². The highest BCUT2D eigenvalue weighted by Crippen LogP contribution is 2.37. The van der Waals surface area contributed by atoms with Gasteiger partial charge in [-0.2, -0.15) is 0 Å². The number of aliphatic hydroxyl groups is 1. The predicted octanol–water partition coefficient (Wildman–Crippen LogP) is 5.09. The molecule has 0 heterocycles. The maximum Gasteiger partial charge on any atom is 0.180 e. The third-order valence-corrected chi connectivity index (χ3v) is 4.39.